The molecule has 0 fully saturated rings. The lowest BCUT2D eigenvalue weighted by atomic mass is 9.91. The molecule has 0 saturated carbocycles. The summed E-state index contributed by atoms with van der Waals surface area (Å²) in [7, 11) is 0. The first-order valence-electron chi connectivity index (χ1n) is 7.00. The summed E-state index contributed by atoms with van der Waals surface area (Å²) in [4.78, 5) is 20.0. The molecule has 0 atom stereocenters. The maximum Gasteiger partial charge on any atom is 0.264 e. The summed E-state index contributed by atoms with van der Waals surface area (Å²) >= 11 is 2.08. The standard InChI is InChI=1S/C17H21IN2O/c1-9-7-10(2)12(11(3)8-9)15-19-14(17(4,5)6)13(18)16(21)20-15/h7-8H,1-6H3,(H,19,20,21). The lowest BCUT2D eigenvalue weighted by Gasteiger charge is -2.20. The number of H-pyrrole nitrogens is 1. The predicted octanol–water partition coefficient (Wildman–Crippen LogP) is 4.26. The van der Waals surface area contributed by atoms with Gasteiger partial charge >= 0.3 is 0 Å². The van der Waals surface area contributed by atoms with Crippen LogP contribution in [0.4, 0.5) is 0 Å². The normalized spacial score (nSPS) is 11.8. The van der Waals surface area contributed by atoms with Crippen molar-refractivity contribution in [2.24, 2.45) is 0 Å². The van der Waals surface area contributed by atoms with Gasteiger partial charge < -0.3 is 4.98 Å². The second-order valence-electron chi connectivity index (χ2n) is 6.60. The number of nitrogens with one attached hydrogen (secondary N) is 1. The summed E-state index contributed by atoms with van der Waals surface area (Å²) in [5.41, 5.74) is 5.14. The van der Waals surface area contributed by atoms with E-state index in [1.54, 1.807) is 0 Å². The molecule has 0 aliphatic carbocycles. The molecule has 0 aliphatic heterocycles. The third kappa shape index (κ3) is 3.20. The quantitative estimate of drug-likeness (QED) is 0.732. The largest absolute Gasteiger partial charge is 0.306 e. The van der Waals surface area contributed by atoms with Gasteiger partial charge in [-0.1, -0.05) is 38.5 Å². The van der Waals surface area contributed by atoms with E-state index in [0.29, 0.717) is 9.39 Å². The van der Waals surface area contributed by atoms with Crippen LogP contribution in [0.15, 0.2) is 16.9 Å². The van der Waals surface area contributed by atoms with E-state index in [1.165, 1.54) is 5.56 Å². The fraction of sp³-hybridized carbons (Fsp3) is 0.412. The minimum atomic E-state index is -0.161. The number of nitrogens with zero attached hydrogens (tertiary/aromatic N) is 1. The fourth-order valence-corrected chi connectivity index (χ4v) is 3.69. The average Bonchev–Trinajstić information content (AvgIpc) is 2.30. The summed E-state index contributed by atoms with van der Waals surface area (Å²) in [5.74, 6) is 0.667. The van der Waals surface area contributed by atoms with Crippen molar-refractivity contribution >= 4 is 22.6 Å². The van der Waals surface area contributed by atoms with E-state index in [2.05, 4.69) is 81.3 Å². The van der Waals surface area contributed by atoms with Crippen LogP contribution < -0.4 is 5.56 Å². The zero-order chi connectivity index (χ0) is 15.9. The molecule has 112 valence electrons. The zero-order valence-corrected chi connectivity index (χ0v) is 15.5. The fourth-order valence-electron chi connectivity index (χ4n) is 2.63. The maximum absolute atomic E-state index is 12.3. The van der Waals surface area contributed by atoms with Gasteiger partial charge in [0.2, 0.25) is 0 Å². The minimum Gasteiger partial charge on any atom is -0.306 e. The van der Waals surface area contributed by atoms with Crippen molar-refractivity contribution < 1.29 is 0 Å². The highest BCUT2D eigenvalue weighted by Crippen LogP contribution is 2.29. The van der Waals surface area contributed by atoms with Crippen molar-refractivity contribution in [3.8, 4) is 11.4 Å². The lowest BCUT2D eigenvalue weighted by molar-refractivity contribution is 0.562. The Hall–Kier alpha value is -1.17. The van der Waals surface area contributed by atoms with E-state index >= 15 is 0 Å². The summed E-state index contributed by atoms with van der Waals surface area (Å²) in [6.07, 6.45) is 0. The molecule has 2 rings (SSSR count). The molecular weight excluding hydrogens is 375 g/mol. The molecule has 0 saturated heterocycles. The first kappa shape index (κ1) is 16.2. The van der Waals surface area contributed by atoms with Crippen molar-refractivity contribution in [3.05, 3.63) is 48.4 Å². The molecule has 0 radical (unpaired) electrons. The minimum absolute atomic E-state index is 0.0649. The second-order valence-corrected chi connectivity index (χ2v) is 7.68. The first-order valence-corrected chi connectivity index (χ1v) is 8.07. The van der Waals surface area contributed by atoms with Crippen molar-refractivity contribution in [3.63, 3.8) is 0 Å². The van der Waals surface area contributed by atoms with Gasteiger partial charge in [-0.05, 0) is 54.5 Å². The Morgan fingerprint density at radius 1 is 1.10 bits per heavy atom. The highest BCUT2D eigenvalue weighted by atomic mass is 127. The number of halogens is 1. The van der Waals surface area contributed by atoms with Crippen LogP contribution in [-0.4, -0.2) is 9.97 Å². The number of rotatable bonds is 1. The number of hydrogen-bond donors (Lipinski definition) is 1. The zero-order valence-electron chi connectivity index (χ0n) is 13.4. The van der Waals surface area contributed by atoms with Gasteiger partial charge in [0.1, 0.15) is 9.39 Å². The monoisotopic (exact) mass is 396 g/mol. The van der Waals surface area contributed by atoms with Crippen molar-refractivity contribution in [2.45, 2.75) is 47.0 Å². The Labute approximate surface area is 139 Å². The number of aryl methyl sites for hydroxylation is 3. The van der Waals surface area contributed by atoms with Crippen LogP contribution in [0.25, 0.3) is 11.4 Å². The van der Waals surface area contributed by atoms with Crippen LogP contribution in [0.1, 0.15) is 43.2 Å². The Bertz CT molecular complexity index is 731. The van der Waals surface area contributed by atoms with Gasteiger partial charge in [-0.2, -0.15) is 0 Å². The van der Waals surface area contributed by atoms with E-state index in [4.69, 9.17) is 4.98 Å². The Morgan fingerprint density at radius 3 is 2.10 bits per heavy atom. The van der Waals surface area contributed by atoms with Crippen molar-refractivity contribution in [2.75, 3.05) is 0 Å². The molecule has 1 N–H and O–H groups in total. The van der Waals surface area contributed by atoms with Crippen LogP contribution in [0.3, 0.4) is 0 Å². The smallest absolute Gasteiger partial charge is 0.264 e. The van der Waals surface area contributed by atoms with Gasteiger partial charge in [-0.15, -0.1) is 0 Å². The summed E-state index contributed by atoms with van der Waals surface area (Å²) in [5, 5.41) is 0. The summed E-state index contributed by atoms with van der Waals surface area (Å²) in [6, 6.07) is 4.24. The van der Waals surface area contributed by atoms with Crippen molar-refractivity contribution in [1.82, 2.24) is 9.97 Å². The van der Waals surface area contributed by atoms with E-state index in [9.17, 15) is 4.79 Å². The molecule has 0 spiro atoms. The molecule has 0 amide bonds. The molecule has 0 unspecified atom stereocenters. The second kappa shape index (κ2) is 5.55. The third-order valence-electron chi connectivity index (χ3n) is 3.49. The number of benzene rings is 1. The van der Waals surface area contributed by atoms with E-state index in [1.807, 2.05) is 0 Å². The Balaban J connectivity index is 2.78. The average molecular weight is 396 g/mol. The molecule has 21 heavy (non-hydrogen) atoms. The van der Waals surface area contributed by atoms with Crippen molar-refractivity contribution in [1.29, 1.82) is 0 Å². The van der Waals surface area contributed by atoms with Gasteiger partial charge in [0.05, 0.1) is 5.69 Å². The maximum atomic E-state index is 12.3. The van der Waals surface area contributed by atoms with Crippen LogP contribution >= 0.6 is 22.6 Å². The molecule has 1 aromatic heterocycles. The molecule has 1 heterocycles. The lowest BCUT2D eigenvalue weighted by Crippen LogP contribution is -2.24. The highest BCUT2D eigenvalue weighted by Gasteiger charge is 2.23. The number of aromatic amines is 1. The Morgan fingerprint density at radius 2 is 1.62 bits per heavy atom. The van der Waals surface area contributed by atoms with Crippen LogP contribution in [0.5, 0.6) is 0 Å². The predicted molar refractivity (Wildman–Crippen MR) is 95.9 cm³/mol. The van der Waals surface area contributed by atoms with Gasteiger partial charge in [-0.3, -0.25) is 4.79 Å². The Kier molecular flexibility index (Phi) is 4.29. The molecule has 0 aliphatic rings. The summed E-state index contributed by atoms with van der Waals surface area (Å²) in [6.45, 7) is 12.4. The number of hydrogen-bond acceptors (Lipinski definition) is 2. The molecule has 1 aromatic carbocycles. The van der Waals surface area contributed by atoms with Crippen LogP contribution in [0, 0.1) is 24.3 Å². The molecule has 2 aromatic rings. The van der Waals surface area contributed by atoms with Gasteiger partial charge in [0.15, 0.2) is 0 Å². The molecule has 3 nitrogen and oxygen atoms in total. The topological polar surface area (TPSA) is 45.8 Å². The molecule has 0 bridgehead atoms. The van der Waals surface area contributed by atoms with Crippen LogP contribution in [-0.2, 0) is 5.41 Å². The SMILES string of the molecule is Cc1cc(C)c(-c2nc(C(C)(C)C)c(I)c(=O)[nH]2)c(C)c1. The van der Waals surface area contributed by atoms with Gasteiger partial charge in [-0.25, -0.2) is 4.98 Å². The van der Waals surface area contributed by atoms with Crippen LogP contribution in [0.2, 0.25) is 0 Å². The molecule has 4 heteroatoms. The third-order valence-corrected chi connectivity index (χ3v) is 4.49. The number of aromatic nitrogens is 2. The van der Waals surface area contributed by atoms with E-state index in [-0.39, 0.29) is 11.0 Å². The van der Waals surface area contributed by atoms with Gasteiger partial charge in [0.25, 0.3) is 5.56 Å². The van der Waals surface area contributed by atoms with Gasteiger partial charge in [0, 0.05) is 11.0 Å². The van der Waals surface area contributed by atoms with E-state index in [0.717, 1.165) is 22.4 Å². The van der Waals surface area contributed by atoms with E-state index < -0.39 is 0 Å². The first-order chi connectivity index (χ1) is 9.61. The highest BCUT2D eigenvalue weighted by molar-refractivity contribution is 14.1. The summed E-state index contributed by atoms with van der Waals surface area (Å²) < 4.78 is 0.672. The molecular formula is C17H21IN2O.